The van der Waals surface area contributed by atoms with Crippen molar-refractivity contribution in [3.8, 4) is 17.4 Å². The molecular formula is C21H19Cl2N3O3. The van der Waals surface area contributed by atoms with Crippen LogP contribution in [0.15, 0.2) is 59.6 Å². The number of hydrogen-bond donors (Lipinski definition) is 2. The molecule has 0 radical (unpaired) electrons. The van der Waals surface area contributed by atoms with Crippen LogP contribution in [0, 0.1) is 6.92 Å². The second-order valence-corrected chi connectivity index (χ2v) is 6.91. The van der Waals surface area contributed by atoms with E-state index in [-0.39, 0.29) is 18.3 Å². The lowest BCUT2D eigenvalue weighted by molar-refractivity contribution is 0.234. The predicted molar refractivity (Wildman–Crippen MR) is 114 cm³/mol. The number of benzene rings is 2. The summed E-state index contributed by atoms with van der Waals surface area (Å²) in [6.07, 6.45) is 0. The van der Waals surface area contributed by atoms with E-state index in [1.165, 1.54) is 0 Å². The summed E-state index contributed by atoms with van der Waals surface area (Å²) in [5.74, 6) is 1.48. The van der Waals surface area contributed by atoms with Crippen molar-refractivity contribution in [1.29, 1.82) is 0 Å². The van der Waals surface area contributed by atoms with E-state index in [4.69, 9.17) is 32.7 Å². The Balaban J connectivity index is 1.96. The number of nitrogens with one attached hydrogen (secondary N) is 1. The van der Waals surface area contributed by atoms with Crippen LogP contribution in [0.5, 0.6) is 17.4 Å². The molecule has 0 unspecified atom stereocenters. The third kappa shape index (κ3) is 5.17. The van der Waals surface area contributed by atoms with Crippen LogP contribution in [0.25, 0.3) is 0 Å². The highest BCUT2D eigenvalue weighted by atomic mass is 35.5. The molecule has 6 nitrogen and oxygen atoms in total. The Labute approximate surface area is 178 Å². The van der Waals surface area contributed by atoms with Crippen molar-refractivity contribution in [2.45, 2.75) is 13.5 Å². The highest BCUT2D eigenvalue weighted by molar-refractivity contribution is 6.34. The maximum atomic E-state index is 9.70. The molecule has 0 spiro atoms. The molecule has 0 amide bonds. The van der Waals surface area contributed by atoms with Gasteiger partial charge < -0.3 is 9.47 Å². The molecule has 3 rings (SSSR count). The van der Waals surface area contributed by atoms with Crippen molar-refractivity contribution < 1.29 is 14.7 Å². The number of rotatable bonds is 6. The molecule has 0 aliphatic rings. The zero-order chi connectivity index (χ0) is 20.8. The van der Waals surface area contributed by atoms with Gasteiger partial charge in [0.05, 0.1) is 24.2 Å². The van der Waals surface area contributed by atoms with Gasteiger partial charge in [0.25, 0.3) is 0 Å². The number of ether oxygens (including phenoxy) is 2. The van der Waals surface area contributed by atoms with Gasteiger partial charge in [0.1, 0.15) is 11.5 Å². The average Bonchev–Trinajstić information content (AvgIpc) is 2.72. The molecule has 1 heterocycles. The van der Waals surface area contributed by atoms with Crippen molar-refractivity contribution in [3.63, 3.8) is 0 Å². The number of methoxy groups -OCH3 is 1. The van der Waals surface area contributed by atoms with E-state index in [2.05, 4.69) is 15.5 Å². The van der Waals surface area contributed by atoms with Crippen molar-refractivity contribution in [2.75, 3.05) is 7.11 Å². The Bertz CT molecular complexity index is 1040. The summed E-state index contributed by atoms with van der Waals surface area (Å²) in [4.78, 5) is 8.88. The van der Waals surface area contributed by atoms with Crippen LogP contribution in [-0.2, 0) is 6.54 Å². The summed E-state index contributed by atoms with van der Waals surface area (Å²) < 4.78 is 11.2. The van der Waals surface area contributed by atoms with Crippen molar-refractivity contribution in [1.82, 2.24) is 10.5 Å². The molecule has 0 saturated carbocycles. The van der Waals surface area contributed by atoms with Crippen LogP contribution in [0.1, 0.15) is 16.8 Å². The first kappa shape index (κ1) is 20.9. The van der Waals surface area contributed by atoms with Crippen molar-refractivity contribution >= 4 is 29.0 Å². The molecule has 1 aromatic heterocycles. The summed E-state index contributed by atoms with van der Waals surface area (Å²) in [7, 11) is 1.60. The number of halogens is 2. The topological polar surface area (TPSA) is 76.0 Å². The normalized spacial score (nSPS) is 11.3. The fourth-order valence-corrected chi connectivity index (χ4v) is 2.95. The number of pyridine rings is 1. The first-order valence-electron chi connectivity index (χ1n) is 8.69. The van der Waals surface area contributed by atoms with Gasteiger partial charge in [-0.05, 0) is 37.3 Å². The third-order valence-corrected chi connectivity index (χ3v) is 4.61. The molecule has 29 heavy (non-hydrogen) atoms. The summed E-state index contributed by atoms with van der Waals surface area (Å²) in [5, 5.41) is 10.6. The van der Waals surface area contributed by atoms with Crippen molar-refractivity contribution in [3.05, 3.63) is 81.5 Å². The summed E-state index contributed by atoms with van der Waals surface area (Å²) in [6, 6.07) is 15.9. The minimum absolute atomic E-state index is 0.191. The molecule has 3 aromatic rings. The first-order valence-corrected chi connectivity index (χ1v) is 9.44. The zero-order valence-corrected chi connectivity index (χ0v) is 17.3. The van der Waals surface area contributed by atoms with Gasteiger partial charge in [0, 0.05) is 22.3 Å². The highest BCUT2D eigenvalue weighted by Crippen LogP contribution is 2.33. The van der Waals surface area contributed by atoms with Crippen LogP contribution in [0.4, 0.5) is 0 Å². The number of para-hydroxylation sites is 1. The Morgan fingerprint density at radius 3 is 2.66 bits per heavy atom. The predicted octanol–water partition coefficient (Wildman–Crippen LogP) is 5.42. The molecule has 2 N–H and O–H groups in total. The maximum absolute atomic E-state index is 9.70. The largest absolute Gasteiger partial charge is 0.496 e. The highest BCUT2D eigenvalue weighted by Gasteiger charge is 2.15. The Hall–Kier alpha value is -2.80. The quantitative estimate of drug-likeness (QED) is 0.309. The van der Waals surface area contributed by atoms with Gasteiger partial charge in [-0.2, -0.15) is 0 Å². The van der Waals surface area contributed by atoms with E-state index < -0.39 is 0 Å². The molecule has 0 saturated heterocycles. The van der Waals surface area contributed by atoms with E-state index in [1.54, 1.807) is 37.4 Å². The van der Waals surface area contributed by atoms with Crippen LogP contribution in [0.3, 0.4) is 0 Å². The fraction of sp³-hybridized carbons (Fsp3) is 0.143. The lowest BCUT2D eigenvalue weighted by Crippen LogP contribution is -2.22. The average molecular weight is 432 g/mol. The second-order valence-electron chi connectivity index (χ2n) is 6.07. The monoisotopic (exact) mass is 431 g/mol. The van der Waals surface area contributed by atoms with E-state index in [9.17, 15) is 5.21 Å². The fourth-order valence-electron chi connectivity index (χ4n) is 2.63. The minimum atomic E-state index is 0.191. The van der Waals surface area contributed by atoms with Crippen LogP contribution < -0.4 is 15.0 Å². The second kappa shape index (κ2) is 9.60. The van der Waals surface area contributed by atoms with Gasteiger partial charge >= 0.3 is 0 Å². The first-order chi connectivity index (χ1) is 14.0. The summed E-state index contributed by atoms with van der Waals surface area (Å²) in [5.41, 5.74) is 4.18. The van der Waals surface area contributed by atoms with Gasteiger partial charge in [-0.25, -0.2) is 4.98 Å². The number of amidine groups is 1. The smallest absolute Gasteiger partial charge is 0.230 e. The van der Waals surface area contributed by atoms with E-state index in [0.717, 1.165) is 11.3 Å². The Morgan fingerprint density at radius 1 is 1.10 bits per heavy atom. The molecule has 0 bridgehead atoms. The lowest BCUT2D eigenvalue weighted by atomic mass is 10.2. The van der Waals surface area contributed by atoms with E-state index in [1.807, 2.05) is 31.2 Å². The van der Waals surface area contributed by atoms with Gasteiger partial charge in [0.2, 0.25) is 5.88 Å². The molecule has 0 aliphatic heterocycles. The molecule has 2 aromatic carbocycles. The Morgan fingerprint density at radius 2 is 1.90 bits per heavy atom. The molecule has 0 fully saturated rings. The minimum Gasteiger partial charge on any atom is -0.496 e. The van der Waals surface area contributed by atoms with E-state index >= 15 is 0 Å². The number of aromatic nitrogens is 1. The van der Waals surface area contributed by atoms with Crippen LogP contribution in [0.2, 0.25) is 10.0 Å². The lowest BCUT2D eigenvalue weighted by Gasteiger charge is -2.14. The summed E-state index contributed by atoms with van der Waals surface area (Å²) in [6.45, 7) is 2.10. The Kier molecular flexibility index (Phi) is 6.93. The SMILES string of the molecule is COc1ccccc1CN=C(NO)c1ccc(C)nc1Oc1cc(Cl)ccc1Cl. The number of hydroxylamine groups is 1. The molecule has 8 heteroatoms. The van der Waals surface area contributed by atoms with Gasteiger partial charge in [-0.15, -0.1) is 0 Å². The maximum Gasteiger partial charge on any atom is 0.230 e. The molecule has 150 valence electrons. The zero-order valence-electron chi connectivity index (χ0n) is 15.8. The standard InChI is InChI=1S/C21H19Cl2N3O3/c1-13-7-9-16(21(25-13)29-19-11-15(22)8-10-17(19)23)20(26-27)24-12-14-5-3-4-6-18(14)28-2/h3-11,27H,12H2,1-2H3,(H,24,26). The number of aliphatic imine (C=N–C) groups is 1. The summed E-state index contributed by atoms with van der Waals surface area (Å²) >= 11 is 12.2. The number of hydrogen-bond acceptors (Lipinski definition) is 5. The number of aryl methyl sites for hydroxylation is 1. The van der Waals surface area contributed by atoms with Crippen LogP contribution >= 0.6 is 23.2 Å². The van der Waals surface area contributed by atoms with Crippen LogP contribution in [-0.4, -0.2) is 23.1 Å². The van der Waals surface area contributed by atoms with E-state index in [0.29, 0.717) is 27.1 Å². The molecule has 0 aliphatic carbocycles. The molecular weight excluding hydrogens is 413 g/mol. The molecule has 0 atom stereocenters. The van der Waals surface area contributed by atoms with Gasteiger partial charge in [-0.3, -0.25) is 15.7 Å². The van der Waals surface area contributed by atoms with Gasteiger partial charge in [0.15, 0.2) is 5.84 Å². The van der Waals surface area contributed by atoms with Crippen molar-refractivity contribution in [2.24, 2.45) is 4.99 Å². The van der Waals surface area contributed by atoms with Gasteiger partial charge in [-0.1, -0.05) is 41.4 Å². The number of nitrogens with zero attached hydrogens (tertiary/aromatic N) is 2. The third-order valence-electron chi connectivity index (χ3n) is 4.06.